The summed E-state index contributed by atoms with van der Waals surface area (Å²) >= 11 is 1.32. The maximum Gasteiger partial charge on any atom is 0.305 e. The molecule has 290 valence electrons. The summed E-state index contributed by atoms with van der Waals surface area (Å²) in [5.41, 5.74) is 0. The average molecular weight is 745 g/mol. The van der Waals surface area contributed by atoms with Gasteiger partial charge in [-0.2, -0.15) is 11.8 Å². The molecule has 1 aliphatic heterocycles. The molecular formula is C33H57BN4O12S. The summed E-state index contributed by atoms with van der Waals surface area (Å²) in [7, 11) is 6.30. The molecule has 2 radical (unpaired) electrons. The van der Waals surface area contributed by atoms with Crippen molar-refractivity contribution in [1.29, 1.82) is 0 Å². The summed E-state index contributed by atoms with van der Waals surface area (Å²) in [6.45, 7) is 6.73. The monoisotopic (exact) mass is 744 g/mol. The topological polar surface area (TPSA) is 219 Å². The van der Waals surface area contributed by atoms with Crippen LogP contribution in [0.3, 0.4) is 0 Å². The Bertz CT molecular complexity index is 1080. The maximum absolute atomic E-state index is 12.7. The molecule has 5 amide bonds. The fourth-order valence-electron chi connectivity index (χ4n) is 4.68. The summed E-state index contributed by atoms with van der Waals surface area (Å²) in [6, 6.07) is 0. The zero-order valence-electron chi connectivity index (χ0n) is 30.3. The third-order valence-corrected chi connectivity index (χ3v) is 8.96. The highest BCUT2D eigenvalue weighted by Gasteiger charge is 2.41. The van der Waals surface area contributed by atoms with Crippen molar-refractivity contribution in [3.63, 3.8) is 0 Å². The second kappa shape index (κ2) is 26.9. The molecule has 0 bridgehead atoms. The second-order valence-corrected chi connectivity index (χ2v) is 14.0. The van der Waals surface area contributed by atoms with E-state index in [0.717, 1.165) is 24.2 Å². The van der Waals surface area contributed by atoms with Gasteiger partial charge >= 0.3 is 5.97 Å². The Kier molecular flexibility index (Phi) is 24.4. The number of hydrogen-bond acceptors (Lipinski definition) is 13. The summed E-state index contributed by atoms with van der Waals surface area (Å²) in [5, 5.41) is 26.2. The molecule has 5 N–H and O–H groups in total. The largest absolute Gasteiger partial charge is 0.460 e. The van der Waals surface area contributed by atoms with E-state index in [1.807, 2.05) is 6.92 Å². The molecule has 1 saturated heterocycles. The standard InChI is InChI=1S/C33H57BN4O12S/c1-4-6-12-33(3,34)51-25-21-29(43)38(32(25)46)16-10-27(41)37-15-18-48-20-19-47-17-11-28(42)36-14-13-35-26(40)8-7-9-30(44)49-23-31(45)50-24(5-2)22-39/h24-25,31,39,45H,4-23H2,1-3H3,(H,35,40)(H,36,42)(H,37,41). The van der Waals surface area contributed by atoms with Crippen molar-refractivity contribution in [1.82, 2.24) is 20.9 Å². The Morgan fingerprint density at radius 3 is 2.20 bits per heavy atom. The molecule has 1 rings (SSSR count). The molecule has 1 aliphatic rings. The number of amides is 5. The number of nitrogens with zero attached hydrogens (tertiary/aromatic N) is 1. The van der Waals surface area contributed by atoms with Crippen LogP contribution in [0.1, 0.15) is 85.0 Å². The first kappa shape index (κ1) is 46.3. The number of thioether (sulfide) groups is 1. The molecule has 0 aromatic heterocycles. The predicted octanol–water partition coefficient (Wildman–Crippen LogP) is -0.0966. The van der Waals surface area contributed by atoms with E-state index in [1.165, 1.54) is 11.8 Å². The van der Waals surface area contributed by atoms with Gasteiger partial charge in [0.05, 0.1) is 52.2 Å². The van der Waals surface area contributed by atoms with Crippen molar-refractivity contribution in [2.75, 3.05) is 65.8 Å². The Balaban J connectivity index is 1.99. The molecule has 0 aliphatic carbocycles. The van der Waals surface area contributed by atoms with E-state index in [2.05, 4.69) is 22.9 Å². The first-order valence-electron chi connectivity index (χ1n) is 17.7. The lowest BCUT2D eigenvalue weighted by Crippen LogP contribution is -2.37. The van der Waals surface area contributed by atoms with E-state index >= 15 is 0 Å². The van der Waals surface area contributed by atoms with Crippen molar-refractivity contribution in [3.05, 3.63) is 0 Å². The van der Waals surface area contributed by atoms with Crippen LogP contribution in [-0.4, -0.2) is 147 Å². The Labute approximate surface area is 306 Å². The number of esters is 1. The molecule has 4 atom stereocenters. The van der Waals surface area contributed by atoms with Crippen molar-refractivity contribution < 1.29 is 57.9 Å². The lowest BCUT2D eigenvalue weighted by Gasteiger charge is -2.27. The summed E-state index contributed by atoms with van der Waals surface area (Å²) < 4.78 is 20.2. The second-order valence-electron chi connectivity index (χ2n) is 12.2. The van der Waals surface area contributed by atoms with Crippen LogP contribution >= 0.6 is 11.8 Å². The number of rotatable bonds is 30. The van der Waals surface area contributed by atoms with Gasteiger partial charge in [0.1, 0.15) is 6.61 Å². The van der Waals surface area contributed by atoms with Crippen molar-refractivity contribution in [2.24, 2.45) is 0 Å². The van der Waals surface area contributed by atoms with Crippen LogP contribution in [0.5, 0.6) is 0 Å². The van der Waals surface area contributed by atoms with Gasteiger partial charge in [-0.05, 0) is 23.9 Å². The molecule has 0 aromatic rings. The van der Waals surface area contributed by atoms with Crippen LogP contribution in [0.2, 0.25) is 0 Å². The number of aliphatic hydroxyl groups is 2. The quantitative estimate of drug-likeness (QED) is 0.0214. The van der Waals surface area contributed by atoms with Gasteiger partial charge in [0.25, 0.3) is 0 Å². The van der Waals surface area contributed by atoms with Crippen molar-refractivity contribution in [3.8, 4) is 0 Å². The molecule has 1 heterocycles. The number of unbranched alkanes of at least 4 members (excludes halogenated alkanes) is 1. The van der Waals surface area contributed by atoms with Gasteiger partial charge in [-0.25, -0.2) is 0 Å². The highest BCUT2D eigenvalue weighted by Crippen LogP contribution is 2.36. The van der Waals surface area contributed by atoms with Gasteiger partial charge in [-0.15, -0.1) is 0 Å². The molecule has 18 heteroatoms. The minimum atomic E-state index is -1.34. The molecule has 0 aromatic carbocycles. The van der Waals surface area contributed by atoms with Crippen LogP contribution in [-0.2, 0) is 47.7 Å². The van der Waals surface area contributed by atoms with Crippen LogP contribution in [0, 0.1) is 0 Å². The third kappa shape index (κ3) is 22.0. The van der Waals surface area contributed by atoms with E-state index in [0.29, 0.717) is 6.42 Å². The lowest BCUT2D eigenvalue weighted by molar-refractivity contribution is -0.183. The number of carbonyl (C=O) groups is 6. The number of likely N-dealkylation sites (tertiary alicyclic amines) is 1. The fourth-order valence-corrected chi connectivity index (χ4v) is 6.05. The van der Waals surface area contributed by atoms with E-state index < -0.39 is 28.3 Å². The highest BCUT2D eigenvalue weighted by molar-refractivity contribution is 8.03. The van der Waals surface area contributed by atoms with Crippen LogP contribution in [0.25, 0.3) is 0 Å². The molecule has 0 saturated carbocycles. The van der Waals surface area contributed by atoms with E-state index in [9.17, 15) is 33.9 Å². The Morgan fingerprint density at radius 1 is 0.922 bits per heavy atom. The maximum atomic E-state index is 12.7. The van der Waals surface area contributed by atoms with E-state index in [1.54, 1.807) is 6.92 Å². The van der Waals surface area contributed by atoms with Gasteiger partial charge in [-0.3, -0.25) is 33.7 Å². The normalized spacial score (nSPS) is 16.7. The number of ether oxygens (including phenoxy) is 4. The van der Waals surface area contributed by atoms with Gasteiger partial charge in [0, 0.05) is 58.3 Å². The van der Waals surface area contributed by atoms with Crippen LogP contribution in [0.15, 0.2) is 0 Å². The van der Waals surface area contributed by atoms with Gasteiger partial charge in [0.2, 0.25) is 29.5 Å². The van der Waals surface area contributed by atoms with E-state index in [4.69, 9.17) is 31.9 Å². The van der Waals surface area contributed by atoms with Crippen LogP contribution < -0.4 is 16.0 Å². The number of hydrogen-bond donors (Lipinski definition) is 5. The first-order valence-corrected chi connectivity index (χ1v) is 18.6. The smallest absolute Gasteiger partial charge is 0.305 e. The minimum Gasteiger partial charge on any atom is -0.460 e. The zero-order valence-corrected chi connectivity index (χ0v) is 31.1. The predicted molar refractivity (Wildman–Crippen MR) is 189 cm³/mol. The number of imide groups is 1. The molecule has 4 unspecified atom stereocenters. The molecule has 51 heavy (non-hydrogen) atoms. The Morgan fingerprint density at radius 2 is 1.55 bits per heavy atom. The van der Waals surface area contributed by atoms with Gasteiger partial charge in [0.15, 0.2) is 6.29 Å². The van der Waals surface area contributed by atoms with Crippen LogP contribution in [0.4, 0.5) is 0 Å². The first-order chi connectivity index (χ1) is 24.3. The number of carbonyl (C=O) groups excluding carboxylic acids is 6. The highest BCUT2D eigenvalue weighted by atomic mass is 32.2. The molecular weight excluding hydrogens is 687 g/mol. The van der Waals surface area contributed by atoms with Gasteiger partial charge in [-0.1, -0.05) is 33.6 Å². The summed E-state index contributed by atoms with van der Waals surface area (Å²) in [6.07, 6.45) is 1.82. The lowest BCUT2D eigenvalue weighted by atomic mass is 9.84. The zero-order chi connectivity index (χ0) is 38.1. The molecule has 0 spiro atoms. The fraction of sp³-hybridized carbons (Fsp3) is 0.818. The molecule has 16 nitrogen and oxygen atoms in total. The van der Waals surface area contributed by atoms with Crippen molar-refractivity contribution in [2.45, 2.75) is 107 Å². The Hall–Kier alpha value is -2.77. The van der Waals surface area contributed by atoms with E-state index in [-0.39, 0.29) is 134 Å². The minimum absolute atomic E-state index is 0.00222. The van der Waals surface area contributed by atoms with Crippen molar-refractivity contribution >= 4 is 55.1 Å². The van der Waals surface area contributed by atoms with Gasteiger partial charge < -0.3 is 45.1 Å². The third-order valence-electron chi connectivity index (χ3n) is 7.57. The SMILES string of the molecule is [B]C(C)(CCCC)SC1CC(=O)N(CCC(=O)NCCOCCOCCC(=O)NCCNC(=O)CCCC(=O)OCC(O)OC(CC)CO)C1=O. The summed E-state index contributed by atoms with van der Waals surface area (Å²) in [5.74, 6) is -2.00. The summed E-state index contributed by atoms with van der Waals surface area (Å²) in [4.78, 5) is 74.0. The average Bonchev–Trinajstić information content (AvgIpc) is 3.35. The number of aliphatic hydroxyl groups excluding tert-OH is 2. The molecule has 1 fully saturated rings. The number of nitrogens with one attached hydrogen (secondary N) is 3.